The third kappa shape index (κ3) is 8.34. The van der Waals surface area contributed by atoms with Gasteiger partial charge in [0.05, 0.1) is 0 Å². The average Bonchev–Trinajstić information content (AvgIpc) is 3.08. The SMILES string of the molecule is CCN(CC)CCCC(C)NC(=NC)NCC(C)Cn1cccn1. The Hall–Kier alpha value is -1.56. The monoisotopic (exact) mass is 336 g/mol. The van der Waals surface area contributed by atoms with Crippen LogP contribution >= 0.6 is 0 Å². The van der Waals surface area contributed by atoms with Gasteiger partial charge in [0.15, 0.2) is 5.96 Å². The molecule has 0 radical (unpaired) electrons. The maximum atomic E-state index is 4.33. The first kappa shape index (κ1) is 20.5. The van der Waals surface area contributed by atoms with Gasteiger partial charge in [0.2, 0.25) is 0 Å². The number of aliphatic imine (C=N–C) groups is 1. The van der Waals surface area contributed by atoms with E-state index in [1.807, 2.05) is 30.2 Å². The molecule has 2 N–H and O–H groups in total. The van der Waals surface area contributed by atoms with Crippen molar-refractivity contribution in [1.82, 2.24) is 25.3 Å². The molecule has 24 heavy (non-hydrogen) atoms. The molecule has 6 heteroatoms. The normalized spacial score (nSPS) is 14.7. The van der Waals surface area contributed by atoms with Crippen molar-refractivity contribution in [2.45, 2.75) is 53.1 Å². The van der Waals surface area contributed by atoms with E-state index in [4.69, 9.17) is 0 Å². The van der Waals surface area contributed by atoms with Crippen molar-refractivity contribution >= 4 is 5.96 Å². The van der Waals surface area contributed by atoms with E-state index in [2.05, 4.69) is 53.3 Å². The molecule has 0 aliphatic carbocycles. The molecule has 0 fully saturated rings. The van der Waals surface area contributed by atoms with Crippen LogP contribution in [0.15, 0.2) is 23.5 Å². The molecule has 1 heterocycles. The second-order valence-corrected chi connectivity index (χ2v) is 6.50. The minimum atomic E-state index is 0.424. The summed E-state index contributed by atoms with van der Waals surface area (Å²) in [5.41, 5.74) is 0. The van der Waals surface area contributed by atoms with Crippen LogP contribution in [0.3, 0.4) is 0 Å². The van der Waals surface area contributed by atoms with Gasteiger partial charge in [-0.3, -0.25) is 9.67 Å². The largest absolute Gasteiger partial charge is 0.356 e. The highest BCUT2D eigenvalue weighted by Crippen LogP contribution is 2.01. The molecule has 0 spiro atoms. The Bertz CT molecular complexity index is 438. The minimum absolute atomic E-state index is 0.424. The topological polar surface area (TPSA) is 57.5 Å². The van der Waals surface area contributed by atoms with Gasteiger partial charge in [0, 0.05) is 38.6 Å². The highest BCUT2D eigenvalue weighted by Gasteiger charge is 2.08. The van der Waals surface area contributed by atoms with E-state index >= 15 is 0 Å². The zero-order valence-corrected chi connectivity index (χ0v) is 16.1. The summed E-state index contributed by atoms with van der Waals surface area (Å²) in [7, 11) is 1.83. The van der Waals surface area contributed by atoms with Crippen molar-refractivity contribution in [3.63, 3.8) is 0 Å². The van der Waals surface area contributed by atoms with Crippen molar-refractivity contribution < 1.29 is 0 Å². The quantitative estimate of drug-likeness (QED) is 0.480. The average molecular weight is 337 g/mol. The Kier molecular flexibility index (Phi) is 10.2. The summed E-state index contributed by atoms with van der Waals surface area (Å²) in [5.74, 6) is 1.37. The fourth-order valence-electron chi connectivity index (χ4n) is 2.72. The van der Waals surface area contributed by atoms with E-state index in [0.717, 1.165) is 38.6 Å². The fraction of sp³-hybridized carbons (Fsp3) is 0.778. The molecule has 2 atom stereocenters. The lowest BCUT2D eigenvalue weighted by molar-refractivity contribution is 0.292. The van der Waals surface area contributed by atoms with Gasteiger partial charge in [0.25, 0.3) is 0 Å². The molecule has 138 valence electrons. The Morgan fingerprint density at radius 2 is 2.04 bits per heavy atom. The Morgan fingerprint density at radius 3 is 2.62 bits per heavy atom. The molecule has 0 aromatic carbocycles. The van der Waals surface area contributed by atoms with Crippen LogP contribution in [0.2, 0.25) is 0 Å². The molecule has 0 aliphatic heterocycles. The van der Waals surface area contributed by atoms with Gasteiger partial charge in [0.1, 0.15) is 0 Å². The lowest BCUT2D eigenvalue weighted by Crippen LogP contribution is -2.44. The number of aromatic nitrogens is 2. The van der Waals surface area contributed by atoms with Crippen LogP contribution in [0.25, 0.3) is 0 Å². The van der Waals surface area contributed by atoms with E-state index in [-0.39, 0.29) is 0 Å². The second-order valence-electron chi connectivity index (χ2n) is 6.50. The van der Waals surface area contributed by atoms with Crippen molar-refractivity contribution in [1.29, 1.82) is 0 Å². The smallest absolute Gasteiger partial charge is 0.191 e. The van der Waals surface area contributed by atoms with Crippen LogP contribution in [0, 0.1) is 5.92 Å². The molecule has 1 rings (SSSR count). The summed E-state index contributed by atoms with van der Waals surface area (Å²) in [6, 6.07) is 2.38. The molecule has 1 aromatic rings. The molecule has 0 saturated heterocycles. The third-order valence-electron chi connectivity index (χ3n) is 4.29. The summed E-state index contributed by atoms with van der Waals surface area (Å²) >= 11 is 0. The van der Waals surface area contributed by atoms with Crippen molar-refractivity contribution in [3.05, 3.63) is 18.5 Å². The molecule has 2 unspecified atom stereocenters. The highest BCUT2D eigenvalue weighted by molar-refractivity contribution is 5.79. The van der Waals surface area contributed by atoms with Gasteiger partial charge >= 0.3 is 0 Å². The van der Waals surface area contributed by atoms with Crippen molar-refractivity contribution in [2.75, 3.05) is 33.2 Å². The predicted octanol–water partition coefficient (Wildman–Crippen LogP) is 2.19. The number of hydrogen-bond donors (Lipinski definition) is 2. The van der Waals surface area contributed by atoms with Crippen LogP contribution in [0.4, 0.5) is 0 Å². The van der Waals surface area contributed by atoms with E-state index in [1.54, 1.807) is 0 Å². The van der Waals surface area contributed by atoms with Crippen LogP contribution in [0.5, 0.6) is 0 Å². The Morgan fingerprint density at radius 1 is 1.29 bits per heavy atom. The predicted molar refractivity (Wildman–Crippen MR) is 102 cm³/mol. The van der Waals surface area contributed by atoms with Gasteiger partial charge in [-0.25, -0.2) is 0 Å². The summed E-state index contributed by atoms with van der Waals surface area (Å²) < 4.78 is 1.97. The molecule has 0 amide bonds. The van der Waals surface area contributed by atoms with E-state index < -0.39 is 0 Å². The Balaban J connectivity index is 2.23. The van der Waals surface area contributed by atoms with Crippen LogP contribution in [0.1, 0.15) is 40.5 Å². The first-order valence-corrected chi connectivity index (χ1v) is 9.25. The van der Waals surface area contributed by atoms with E-state index in [9.17, 15) is 0 Å². The van der Waals surface area contributed by atoms with Gasteiger partial charge in [-0.05, 0) is 51.4 Å². The van der Waals surface area contributed by atoms with E-state index in [1.165, 1.54) is 13.0 Å². The molecule has 6 nitrogen and oxygen atoms in total. The Labute approximate surface area is 147 Å². The molecule has 1 aromatic heterocycles. The standard InChI is InChI=1S/C18H36N6/c1-6-23(7-2)12-8-10-17(4)22-18(19-5)20-14-16(3)15-24-13-9-11-21-24/h9,11,13,16-17H,6-8,10,12,14-15H2,1-5H3,(H2,19,20,22). The van der Waals surface area contributed by atoms with Gasteiger partial charge in [-0.2, -0.15) is 5.10 Å². The minimum Gasteiger partial charge on any atom is -0.356 e. The van der Waals surface area contributed by atoms with Gasteiger partial charge in [-0.15, -0.1) is 0 Å². The molecular weight excluding hydrogens is 300 g/mol. The molecule has 0 aliphatic rings. The molecule has 0 bridgehead atoms. The summed E-state index contributed by atoms with van der Waals surface area (Å²) in [5, 5.41) is 11.2. The van der Waals surface area contributed by atoms with Crippen LogP contribution in [-0.4, -0.2) is 59.9 Å². The highest BCUT2D eigenvalue weighted by atomic mass is 15.3. The number of nitrogens with zero attached hydrogens (tertiary/aromatic N) is 4. The van der Waals surface area contributed by atoms with Crippen molar-refractivity contribution in [2.24, 2.45) is 10.9 Å². The first-order chi connectivity index (χ1) is 11.6. The second kappa shape index (κ2) is 11.9. The summed E-state index contributed by atoms with van der Waals surface area (Å²) in [6.07, 6.45) is 6.19. The number of hydrogen-bond acceptors (Lipinski definition) is 3. The third-order valence-corrected chi connectivity index (χ3v) is 4.29. The van der Waals surface area contributed by atoms with Gasteiger partial charge < -0.3 is 15.5 Å². The van der Waals surface area contributed by atoms with Gasteiger partial charge in [-0.1, -0.05) is 20.8 Å². The van der Waals surface area contributed by atoms with Crippen LogP contribution in [-0.2, 0) is 6.54 Å². The number of guanidine groups is 1. The first-order valence-electron chi connectivity index (χ1n) is 9.25. The fourth-order valence-corrected chi connectivity index (χ4v) is 2.72. The molecular formula is C18H36N6. The van der Waals surface area contributed by atoms with Crippen LogP contribution < -0.4 is 10.6 Å². The van der Waals surface area contributed by atoms with Crippen molar-refractivity contribution in [3.8, 4) is 0 Å². The maximum absolute atomic E-state index is 4.33. The lowest BCUT2D eigenvalue weighted by Gasteiger charge is -2.22. The summed E-state index contributed by atoms with van der Waals surface area (Å²) in [6.45, 7) is 14.1. The maximum Gasteiger partial charge on any atom is 0.191 e. The summed E-state index contributed by atoms with van der Waals surface area (Å²) in [4.78, 5) is 6.80. The number of rotatable bonds is 11. The number of nitrogens with one attached hydrogen (secondary N) is 2. The lowest BCUT2D eigenvalue weighted by atomic mass is 10.1. The van der Waals surface area contributed by atoms with E-state index in [0.29, 0.717) is 12.0 Å². The zero-order valence-electron chi connectivity index (χ0n) is 16.1. The molecule has 0 saturated carbocycles. The zero-order chi connectivity index (χ0) is 17.8.